The normalized spacial score (nSPS) is 9.92. The van der Waals surface area contributed by atoms with E-state index in [9.17, 15) is 4.79 Å². The van der Waals surface area contributed by atoms with E-state index in [0.29, 0.717) is 0 Å². The molecule has 1 aromatic carbocycles. The topological polar surface area (TPSA) is 66.8 Å². The first kappa shape index (κ1) is 9.70. The quantitative estimate of drug-likeness (QED) is 0.677. The Morgan fingerprint density at radius 1 is 1.31 bits per heavy atom. The summed E-state index contributed by atoms with van der Waals surface area (Å²) in [4.78, 5) is 10.5. The molecule has 1 aromatic rings. The first-order valence-electron chi connectivity index (χ1n) is 3.75. The Morgan fingerprint density at radius 2 is 1.92 bits per heavy atom. The molecule has 0 radical (unpaired) electrons. The zero-order chi connectivity index (χ0) is 9.68. The minimum Gasteiger partial charge on any atom is -0.478 e. The third kappa shape index (κ3) is 2.85. The van der Waals surface area contributed by atoms with Crippen LogP contribution >= 0.6 is 0 Å². The molecular formula is C9H10O4. The van der Waals surface area contributed by atoms with Crippen LogP contribution in [-0.2, 0) is 11.3 Å². The molecule has 0 fully saturated rings. The predicted octanol–water partition coefficient (Wildman–Crippen LogP) is 0.851. The SMILES string of the molecule is O=C(O)c1ccc(COCO)cc1. The van der Waals surface area contributed by atoms with Gasteiger partial charge in [0.2, 0.25) is 0 Å². The minimum atomic E-state index is -0.949. The summed E-state index contributed by atoms with van der Waals surface area (Å²) in [6.45, 7) is -0.0446. The van der Waals surface area contributed by atoms with Gasteiger partial charge in [0.15, 0.2) is 0 Å². The van der Waals surface area contributed by atoms with Gasteiger partial charge in [-0.3, -0.25) is 0 Å². The molecule has 4 nitrogen and oxygen atoms in total. The van der Waals surface area contributed by atoms with Crippen molar-refractivity contribution in [3.05, 3.63) is 35.4 Å². The van der Waals surface area contributed by atoms with E-state index in [2.05, 4.69) is 0 Å². The largest absolute Gasteiger partial charge is 0.478 e. The van der Waals surface area contributed by atoms with Crippen LogP contribution < -0.4 is 0 Å². The summed E-state index contributed by atoms with van der Waals surface area (Å²) >= 11 is 0. The smallest absolute Gasteiger partial charge is 0.335 e. The van der Waals surface area contributed by atoms with Crippen LogP contribution in [-0.4, -0.2) is 23.0 Å². The summed E-state index contributed by atoms with van der Waals surface area (Å²) in [7, 11) is 0. The van der Waals surface area contributed by atoms with E-state index < -0.39 is 5.97 Å². The Balaban J connectivity index is 2.64. The monoisotopic (exact) mass is 182 g/mol. The van der Waals surface area contributed by atoms with Crippen LogP contribution in [0.15, 0.2) is 24.3 Å². The Labute approximate surface area is 75.4 Å². The molecule has 0 heterocycles. The highest BCUT2D eigenvalue weighted by molar-refractivity contribution is 5.87. The Morgan fingerprint density at radius 3 is 2.38 bits per heavy atom. The second-order valence-electron chi connectivity index (χ2n) is 2.48. The van der Waals surface area contributed by atoms with Gasteiger partial charge in [-0.15, -0.1) is 0 Å². The molecule has 0 spiro atoms. The standard InChI is InChI=1S/C9H10O4/c10-6-13-5-7-1-3-8(4-2-7)9(11)12/h1-4,10H,5-6H2,(H,11,12). The fraction of sp³-hybridized carbons (Fsp3) is 0.222. The Bertz CT molecular complexity index is 278. The molecule has 13 heavy (non-hydrogen) atoms. The lowest BCUT2D eigenvalue weighted by Gasteiger charge is -2.00. The van der Waals surface area contributed by atoms with Gasteiger partial charge < -0.3 is 14.9 Å². The highest BCUT2D eigenvalue weighted by atomic mass is 16.6. The summed E-state index contributed by atoms with van der Waals surface area (Å²) in [6.07, 6.45) is 0. The molecule has 0 aromatic heterocycles. The first-order valence-corrected chi connectivity index (χ1v) is 3.75. The fourth-order valence-electron chi connectivity index (χ4n) is 0.907. The number of benzene rings is 1. The molecule has 0 amide bonds. The van der Waals surface area contributed by atoms with E-state index >= 15 is 0 Å². The van der Waals surface area contributed by atoms with Crippen LogP contribution in [0.4, 0.5) is 0 Å². The maximum atomic E-state index is 10.5. The zero-order valence-electron chi connectivity index (χ0n) is 6.93. The average Bonchev–Trinajstić information content (AvgIpc) is 2.15. The summed E-state index contributed by atoms with van der Waals surface area (Å²) < 4.78 is 4.73. The number of carbonyl (C=O) groups is 1. The number of ether oxygens (including phenoxy) is 1. The molecule has 0 unspecified atom stereocenters. The second kappa shape index (κ2) is 4.59. The molecule has 0 atom stereocenters. The Hall–Kier alpha value is -1.39. The van der Waals surface area contributed by atoms with E-state index in [0.717, 1.165) is 5.56 Å². The molecule has 0 aliphatic heterocycles. The van der Waals surface area contributed by atoms with Gasteiger partial charge in [-0.2, -0.15) is 0 Å². The number of aliphatic hydroxyl groups is 1. The lowest BCUT2D eigenvalue weighted by molar-refractivity contribution is -0.0112. The van der Waals surface area contributed by atoms with Crippen LogP contribution in [0.2, 0.25) is 0 Å². The van der Waals surface area contributed by atoms with Crippen molar-refractivity contribution in [2.45, 2.75) is 6.61 Å². The number of aliphatic hydroxyl groups excluding tert-OH is 1. The van der Waals surface area contributed by atoms with E-state index in [1.165, 1.54) is 12.1 Å². The molecule has 2 N–H and O–H groups in total. The summed E-state index contributed by atoms with van der Waals surface area (Å²) in [5, 5.41) is 16.9. The lowest BCUT2D eigenvalue weighted by atomic mass is 10.1. The number of aromatic carboxylic acids is 1. The van der Waals surface area contributed by atoms with Crippen LogP contribution in [0.3, 0.4) is 0 Å². The van der Waals surface area contributed by atoms with E-state index in [1.54, 1.807) is 12.1 Å². The molecule has 4 heteroatoms. The summed E-state index contributed by atoms with van der Waals surface area (Å²) in [5.74, 6) is -0.949. The van der Waals surface area contributed by atoms with E-state index in [-0.39, 0.29) is 19.0 Å². The fourth-order valence-corrected chi connectivity index (χ4v) is 0.907. The number of hydrogen-bond acceptors (Lipinski definition) is 3. The predicted molar refractivity (Wildman–Crippen MR) is 45.3 cm³/mol. The highest BCUT2D eigenvalue weighted by Gasteiger charge is 2.00. The maximum absolute atomic E-state index is 10.5. The molecule has 0 aliphatic carbocycles. The summed E-state index contributed by atoms with van der Waals surface area (Å²) in [5.41, 5.74) is 1.08. The van der Waals surface area contributed by atoms with Crippen LogP contribution in [0.25, 0.3) is 0 Å². The number of carboxylic acids is 1. The minimum absolute atomic E-state index is 0.243. The van der Waals surface area contributed by atoms with Gasteiger partial charge in [-0.25, -0.2) is 4.79 Å². The summed E-state index contributed by atoms with van der Waals surface area (Å²) in [6, 6.07) is 6.30. The zero-order valence-corrected chi connectivity index (χ0v) is 6.93. The van der Waals surface area contributed by atoms with Crippen molar-refractivity contribution < 1.29 is 19.7 Å². The van der Waals surface area contributed by atoms with Gasteiger partial charge in [-0.05, 0) is 17.7 Å². The van der Waals surface area contributed by atoms with Crippen molar-refractivity contribution in [1.29, 1.82) is 0 Å². The van der Waals surface area contributed by atoms with Gasteiger partial charge in [-0.1, -0.05) is 12.1 Å². The number of carboxylic acid groups (broad SMARTS) is 1. The molecule has 0 saturated carbocycles. The average molecular weight is 182 g/mol. The van der Waals surface area contributed by atoms with Gasteiger partial charge in [0, 0.05) is 0 Å². The molecular weight excluding hydrogens is 172 g/mol. The number of hydrogen-bond donors (Lipinski definition) is 2. The van der Waals surface area contributed by atoms with Gasteiger partial charge in [0.1, 0.15) is 6.79 Å². The van der Waals surface area contributed by atoms with Crippen molar-refractivity contribution >= 4 is 5.97 Å². The number of rotatable bonds is 4. The van der Waals surface area contributed by atoms with Crippen molar-refractivity contribution in [3.8, 4) is 0 Å². The maximum Gasteiger partial charge on any atom is 0.335 e. The molecule has 1 rings (SSSR count). The molecule has 0 bridgehead atoms. The molecule has 0 saturated heterocycles. The van der Waals surface area contributed by atoms with Gasteiger partial charge in [0.25, 0.3) is 0 Å². The van der Waals surface area contributed by atoms with E-state index in [4.69, 9.17) is 14.9 Å². The second-order valence-corrected chi connectivity index (χ2v) is 2.48. The van der Waals surface area contributed by atoms with Crippen molar-refractivity contribution in [1.82, 2.24) is 0 Å². The van der Waals surface area contributed by atoms with Crippen molar-refractivity contribution in [2.75, 3.05) is 6.79 Å². The van der Waals surface area contributed by atoms with Crippen molar-refractivity contribution in [2.24, 2.45) is 0 Å². The third-order valence-electron chi connectivity index (χ3n) is 1.56. The first-order chi connectivity index (χ1) is 6.24. The molecule has 0 aliphatic rings. The van der Waals surface area contributed by atoms with Gasteiger partial charge >= 0.3 is 5.97 Å². The third-order valence-corrected chi connectivity index (χ3v) is 1.56. The lowest BCUT2D eigenvalue weighted by Crippen LogP contribution is -1.97. The van der Waals surface area contributed by atoms with Gasteiger partial charge in [0.05, 0.1) is 12.2 Å². The van der Waals surface area contributed by atoms with Crippen LogP contribution in [0, 0.1) is 0 Å². The Kier molecular flexibility index (Phi) is 3.42. The highest BCUT2D eigenvalue weighted by Crippen LogP contribution is 2.05. The van der Waals surface area contributed by atoms with Crippen molar-refractivity contribution in [3.63, 3.8) is 0 Å². The van der Waals surface area contributed by atoms with E-state index in [1.807, 2.05) is 0 Å². The van der Waals surface area contributed by atoms with Crippen LogP contribution in [0.1, 0.15) is 15.9 Å². The molecule has 70 valence electrons. The van der Waals surface area contributed by atoms with Crippen LogP contribution in [0.5, 0.6) is 0 Å².